The molecule has 1 aromatic carbocycles. The molecule has 0 aliphatic carbocycles. The normalized spacial score (nSPS) is 17.2. The van der Waals surface area contributed by atoms with Crippen LogP contribution >= 0.6 is 0 Å². The van der Waals surface area contributed by atoms with Crippen LogP contribution in [0.2, 0.25) is 0 Å². The summed E-state index contributed by atoms with van der Waals surface area (Å²) in [5, 5.41) is -0.322. The zero-order chi connectivity index (χ0) is 19.9. The molecule has 0 unspecified atom stereocenters. The van der Waals surface area contributed by atoms with Gasteiger partial charge in [-0.05, 0) is 31.0 Å². The Morgan fingerprint density at radius 1 is 1.18 bits per heavy atom. The summed E-state index contributed by atoms with van der Waals surface area (Å²) in [4.78, 5) is 26.2. The third kappa shape index (κ3) is 3.12. The van der Waals surface area contributed by atoms with Crippen molar-refractivity contribution in [1.82, 2.24) is 19.9 Å². The van der Waals surface area contributed by atoms with Crippen LogP contribution in [0.5, 0.6) is 0 Å². The van der Waals surface area contributed by atoms with Gasteiger partial charge in [0.05, 0.1) is 22.7 Å². The second-order valence-electron chi connectivity index (χ2n) is 6.57. The topological polar surface area (TPSA) is 85.0 Å². The number of nitrogens with two attached hydrogens (primary N) is 1. The van der Waals surface area contributed by atoms with E-state index in [1.54, 1.807) is 35.2 Å². The molecule has 0 bridgehead atoms. The lowest BCUT2D eigenvalue weighted by Gasteiger charge is -2.25. The number of alkyl halides is 3. The standard InChI is InChI=1S/C19H16F3N5O/c20-19(21,22)12-9-13(26-17-15(12)16(23)24-10-25-17)14-7-4-8-27(14)18(28)11-5-2-1-3-6-11/h1-3,5-6,9-10,14H,4,7-8H2,(H2,23,24,25,26)/t14-/m1/s1. The zero-order valence-corrected chi connectivity index (χ0v) is 14.6. The summed E-state index contributed by atoms with van der Waals surface area (Å²) in [5.41, 5.74) is 5.22. The summed E-state index contributed by atoms with van der Waals surface area (Å²) < 4.78 is 41.0. The first-order valence-electron chi connectivity index (χ1n) is 8.70. The first kappa shape index (κ1) is 18.1. The number of halogens is 3. The largest absolute Gasteiger partial charge is 0.417 e. The van der Waals surface area contributed by atoms with Crippen LogP contribution in [-0.4, -0.2) is 32.3 Å². The van der Waals surface area contributed by atoms with Gasteiger partial charge in [0.25, 0.3) is 5.91 Å². The highest BCUT2D eigenvalue weighted by Crippen LogP contribution is 2.39. The summed E-state index contributed by atoms with van der Waals surface area (Å²) in [6.07, 6.45) is -2.37. The summed E-state index contributed by atoms with van der Waals surface area (Å²) in [7, 11) is 0. The number of likely N-dealkylation sites (tertiary alicyclic amines) is 1. The molecule has 0 saturated carbocycles. The molecule has 1 atom stereocenters. The molecule has 3 aromatic rings. The van der Waals surface area contributed by atoms with E-state index in [-0.39, 0.29) is 28.5 Å². The Morgan fingerprint density at radius 3 is 2.64 bits per heavy atom. The Morgan fingerprint density at radius 2 is 1.93 bits per heavy atom. The Labute approximate surface area is 158 Å². The second kappa shape index (κ2) is 6.74. The van der Waals surface area contributed by atoms with Gasteiger partial charge in [-0.25, -0.2) is 15.0 Å². The SMILES string of the molecule is Nc1ncnc2nc([C@H]3CCCN3C(=O)c3ccccc3)cc(C(F)(F)F)c12. The van der Waals surface area contributed by atoms with Crippen molar-refractivity contribution in [2.45, 2.75) is 25.1 Å². The molecule has 4 rings (SSSR count). The van der Waals surface area contributed by atoms with E-state index in [1.165, 1.54) is 0 Å². The molecular weight excluding hydrogens is 371 g/mol. The first-order valence-corrected chi connectivity index (χ1v) is 8.70. The van der Waals surface area contributed by atoms with Crippen molar-refractivity contribution in [3.8, 4) is 0 Å². The number of carbonyl (C=O) groups excluding carboxylic acids is 1. The second-order valence-corrected chi connectivity index (χ2v) is 6.57. The summed E-state index contributed by atoms with van der Waals surface area (Å²) in [6, 6.07) is 9.05. The average Bonchev–Trinajstić information content (AvgIpc) is 3.16. The Balaban J connectivity index is 1.81. The Hall–Kier alpha value is -3.23. The lowest BCUT2D eigenvalue weighted by molar-refractivity contribution is -0.136. The van der Waals surface area contributed by atoms with Gasteiger partial charge in [-0.2, -0.15) is 13.2 Å². The molecule has 1 aliphatic heterocycles. The van der Waals surface area contributed by atoms with E-state index in [0.717, 1.165) is 12.4 Å². The van der Waals surface area contributed by atoms with Crippen LogP contribution < -0.4 is 5.73 Å². The number of aromatic nitrogens is 3. The monoisotopic (exact) mass is 387 g/mol. The van der Waals surface area contributed by atoms with Crippen molar-refractivity contribution in [1.29, 1.82) is 0 Å². The highest BCUT2D eigenvalue weighted by atomic mass is 19.4. The van der Waals surface area contributed by atoms with Gasteiger partial charge in [0.2, 0.25) is 0 Å². The van der Waals surface area contributed by atoms with Gasteiger partial charge in [-0.3, -0.25) is 4.79 Å². The molecule has 144 valence electrons. The van der Waals surface area contributed by atoms with E-state index >= 15 is 0 Å². The number of anilines is 1. The van der Waals surface area contributed by atoms with E-state index in [2.05, 4.69) is 15.0 Å². The third-order valence-electron chi connectivity index (χ3n) is 4.83. The molecule has 2 N–H and O–H groups in total. The van der Waals surface area contributed by atoms with Crippen LogP contribution in [0.15, 0.2) is 42.7 Å². The van der Waals surface area contributed by atoms with Crippen molar-refractivity contribution in [3.05, 3.63) is 59.5 Å². The van der Waals surface area contributed by atoms with Crippen molar-refractivity contribution in [2.24, 2.45) is 0 Å². The number of rotatable bonds is 2. The highest BCUT2D eigenvalue weighted by molar-refractivity contribution is 5.95. The molecule has 3 heterocycles. The van der Waals surface area contributed by atoms with Crippen molar-refractivity contribution in [3.63, 3.8) is 0 Å². The minimum atomic E-state index is -4.65. The molecule has 6 nitrogen and oxygen atoms in total. The molecule has 9 heteroatoms. The fraction of sp³-hybridized carbons (Fsp3) is 0.263. The predicted octanol–water partition coefficient (Wildman–Crippen LogP) is 3.60. The van der Waals surface area contributed by atoms with Crippen LogP contribution in [-0.2, 0) is 6.18 Å². The number of hydrogen-bond acceptors (Lipinski definition) is 5. The van der Waals surface area contributed by atoms with E-state index in [0.29, 0.717) is 24.9 Å². The number of benzene rings is 1. The first-order chi connectivity index (χ1) is 13.4. The minimum absolute atomic E-state index is 0.128. The lowest BCUT2D eigenvalue weighted by atomic mass is 10.0. The molecule has 1 fully saturated rings. The average molecular weight is 387 g/mol. The molecule has 2 aromatic heterocycles. The maximum absolute atomic E-state index is 13.7. The van der Waals surface area contributed by atoms with Crippen molar-refractivity contribution >= 4 is 22.8 Å². The fourth-order valence-electron chi connectivity index (χ4n) is 3.57. The van der Waals surface area contributed by atoms with Crippen molar-refractivity contribution < 1.29 is 18.0 Å². The van der Waals surface area contributed by atoms with Gasteiger partial charge in [-0.1, -0.05) is 18.2 Å². The van der Waals surface area contributed by atoms with Crippen LogP contribution in [0, 0.1) is 0 Å². The molecule has 1 aliphatic rings. The van der Waals surface area contributed by atoms with Gasteiger partial charge < -0.3 is 10.6 Å². The lowest BCUT2D eigenvalue weighted by Crippen LogP contribution is -2.31. The number of nitrogen functional groups attached to an aromatic ring is 1. The van der Waals surface area contributed by atoms with E-state index in [4.69, 9.17) is 5.73 Å². The van der Waals surface area contributed by atoms with Crippen LogP contribution in [0.4, 0.5) is 19.0 Å². The van der Waals surface area contributed by atoms with E-state index < -0.39 is 17.8 Å². The number of nitrogens with zero attached hydrogens (tertiary/aromatic N) is 4. The molecule has 1 saturated heterocycles. The van der Waals surface area contributed by atoms with Gasteiger partial charge in [0, 0.05) is 12.1 Å². The maximum Gasteiger partial charge on any atom is 0.417 e. The highest BCUT2D eigenvalue weighted by Gasteiger charge is 2.38. The number of hydrogen-bond donors (Lipinski definition) is 1. The smallest absolute Gasteiger partial charge is 0.383 e. The van der Waals surface area contributed by atoms with Gasteiger partial charge in [-0.15, -0.1) is 0 Å². The van der Waals surface area contributed by atoms with E-state index in [9.17, 15) is 18.0 Å². The van der Waals surface area contributed by atoms with Crippen molar-refractivity contribution in [2.75, 3.05) is 12.3 Å². The molecule has 28 heavy (non-hydrogen) atoms. The summed E-state index contributed by atoms with van der Waals surface area (Å²) in [6.45, 7) is 0.450. The summed E-state index contributed by atoms with van der Waals surface area (Å²) >= 11 is 0. The molecular formula is C19H16F3N5O. The van der Waals surface area contributed by atoms with Crippen LogP contribution in [0.1, 0.15) is 40.5 Å². The maximum atomic E-state index is 13.7. The number of carbonyl (C=O) groups is 1. The Bertz CT molecular complexity index is 1040. The third-order valence-corrected chi connectivity index (χ3v) is 4.83. The van der Waals surface area contributed by atoms with E-state index in [1.807, 2.05) is 0 Å². The molecule has 1 amide bonds. The summed E-state index contributed by atoms with van der Waals surface area (Å²) in [5.74, 6) is -0.513. The predicted molar refractivity (Wildman–Crippen MR) is 96.2 cm³/mol. The quantitative estimate of drug-likeness (QED) is 0.726. The number of amides is 1. The zero-order valence-electron chi connectivity index (χ0n) is 14.6. The Kier molecular flexibility index (Phi) is 4.37. The van der Waals surface area contributed by atoms with Crippen LogP contribution in [0.25, 0.3) is 11.0 Å². The minimum Gasteiger partial charge on any atom is -0.383 e. The fourth-order valence-corrected chi connectivity index (χ4v) is 3.57. The van der Waals surface area contributed by atoms with Gasteiger partial charge in [0.15, 0.2) is 5.65 Å². The molecule has 0 radical (unpaired) electrons. The number of pyridine rings is 1. The molecule has 0 spiro atoms. The van der Waals surface area contributed by atoms with Crippen LogP contribution in [0.3, 0.4) is 0 Å². The number of fused-ring (bicyclic) bond motifs is 1. The van der Waals surface area contributed by atoms with Gasteiger partial charge >= 0.3 is 6.18 Å². The van der Waals surface area contributed by atoms with Gasteiger partial charge in [0.1, 0.15) is 12.1 Å².